The van der Waals surface area contributed by atoms with Crippen LogP contribution in [-0.2, 0) is 9.59 Å². The lowest BCUT2D eigenvalue weighted by Crippen LogP contribution is -2.42. The maximum Gasteiger partial charge on any atom is 0.258 e. The van der Waals surface area contributed by atoms with Crippen molar-refractivity contribution in [2.75, 3.05) is 28.6 Å². The second kappa shape index (κ2) is 7.93. The lowest BCUT2D eigenvalue weighted by molar-refractivity contribution is -0.123. The van der Waals surface area contributed by atoms with Crippen LogP contribution in [0.25, 0.3) is 0 Å². The number of rotatable bonds is 3. The minimum absolute atomic E-state index is 0.0907. The first-order valence-electron chi connectivity index (χ1n) is 10.4. The van der Waals surface area contributed by atoms with E-state index in [1.165, 1.54) is 0 Å². The molecule has 3 N–H and O–H groups in total. The van der Waals surface area contributed by atoms with Crippen LogP contribution in [-0.4, -0.2) is 34.9 Å². The molecule has 2 aliphatic heterocycles. The summed E-state index contributed by atoms with van der Waals surface area (Å²) in [5.74, 6) is -0.0156. The summed E-state index contributed by atoms with van der Waals surface area (Å²) >= 11 is 0. The van der Waals surface area contributed by atoms with Crippen molar-refractivity contribution in [1.29, 1.82) is 0 Å². The Morgan fingerprint density at radius 1 is 1.13 bits per heavy atom. The van der Waals surface area contributed by atoms with Gasteiger partial charge in [0, 0.05) is 25.2 Å². The standard InChI is InChI=1S/C22H27N5O3/c1-12-4-6-15(7-5-12)23-20(29)16-9-17(28)24-19-18(16)21(30)26-22(25-19)27-10-13(2)8-14(3)11-27/h4-7,13-14,16H,8-11H2,1-3H3,(H,23,29)(H2,24,25,26,28,30). The third-order valence-electron chi connectivity index (χ3n) is 5.74. The van der Waals surface area contributed by atoms with E-state index >= 15 is 0 Å². The second-order valence-electron chi connectivity index (χ2n) is 8.66. The van der Waals surface area contributed by atoms with Crippen molar-refractivity contribution in [1.82, 2.24) is 9.97 Å². The molecule has 158 valence electrons. The zero-order chi connectivity index (χ0) is 21.4. The van der Waals surface area contributed by atoms with Gasteiger partial charge in [0.05, 0.1) is 11.5 Å². The van der Waals surface area contributed by atoms with Gasteiger partial charge in [0.1, 0.15) is 5.82 Å². The van der Waals surface area contributed by atoms with E-state index in [4.69, 9.17) is 0 Å². The van der Waals surface area contributed by atoms with Crippen LogP contribution in [0.4, 0.5) is 17.5 Å². The van der Waals surface area contributed by atoms with Crippen molar-refractivity contribution in [2.45, 2.75) is 39.5 Å². The number of anilines is 3. The molecule has 2 aliphatic rings. The van der Waals surface area contributed by atoms with Crippen LogP contribution in [0.15, 0.2) is 29.1 Å². The van der Waals surface area contributed by atoms with E-state index in [1.807, 2.05) is 24.0 Å². The van der Waals surface area contributed by atoms with Gasteiger partial charge in [0.25, 0.3) is 5.56 Å². The fraction of sp³-hybridized carbons (Fsp3) is 0.455. The lowest BCUT2D eigenvalue weighted by atomic mass is 9.91. The molecule has 3 unspecified atom stereocenters. The number of aromatic amines is 1. The number of H-pyrrole nitrogens is 1. The largest absolute Gasteiger partial charge is 0.342 e. The number of carbonyl (C=O) groups is 2. The van der Waals surface area contributed by atoms with Gasteiger partial charge in [-0.25, -0.2) is 0 Å². The minimum Gasteiger partial charge on any atom is -0.342 e. The minimum atomic E-state index is -0.889. The summed E-state index contributed by atoms with van der Waals surface area (Å²) in [6.07, 6.45) is 1.04. The molecule has 1 aromatic heterocycles. The van der Waals surface area contributed by atoms with Crippen LogP contribution in [0.1, 0.15) is 43.7 Å². The van der Waals surface area contributed by atoms with Crippen LogP contribution >= 0.6 is 0 Å². The van der Waals surface area contributed by atoms with Gasteiger partial charge in [-0.15, -0.1) is 0 Å². The number of aryl methyl sites for hydroxylation is 1. The van der Waals surface area contributed by atoms with E-state index < -0.39 is 11.8 Å². The van der Waals surface area contributed by atoms with Gasteiger partial charge in [0.2, 0.25) is 17.8 Å². The maximum absolute atomic E-state index is 13.0. The molecule has 3 atom stereocenters. The first-order valence-corrected chi connectivity index (χ1v) is 10.4. The fourth-order valence-electron chi connectivity index (χ4n) is 4.44. The van der Waals surface area contributed by atoms with Gasteiger partial charge in [-0.1, -0.05) is 31.5 Å². The van der Waals surface area contributed by atoms with E-state index in [-0.39, 0.29) is 29.3 Å². The fourth-order valence-corrected chi connectivity index (χ4v) is 4.44. The molecule has 2 aromatic rings. The molecule has 0 bridgehead atoms. The average molecular weight is 409 g/mol. The summed E-state index contributed by atoms with van der Waals surface area (Å²) in [7, 11) is 0. The highest BCUT2D eigenvalue weighted by atomic mass is 16.2. The van der Waals surface area contributed by atoms with Crippen LogP contribution in [0, 0.1) is 18.8 Å². The number of benzene rings is 1. The number of hydrogen-bond donors (Lipinski definition) is 3. The summed E-state index contributed by atoms with van der Waals surface area (Å²) in [5.41, 5.74) is 1.52. The smallest absolute Gasteiger partial charge is 0.258 e. The molecule has 0 aliphatic carbocycles. The van der Waals surface area contributed by atoms with E-state index in [0.29, 0.717) is 23.5 Å². The number of hydrogen-bond acceptors (Lipinski definition) is 5. The Balaban J connectivity index is 1.64. The van der Waals surface area contributed by atoms with E-state index in [2.05, 4.69) is 34.4 Å². The number of fused-ring (bicyclic) bond motifs is 1. The van der Waals surface area contributed by atoms with Gasteiger partial charge in [-0.2, -0.15) is 4.98 Å². The Bertz CT molecular complexity index is 1020. The molecule has 4 rings (SSSR count). The third kappa shape index (κ3) is 4.08. The number of carbonyl (C=O) groups excluding carboxylic acids is 2. The highest BCUT2D eigenvalue weighted by Crippen LogP contribution is 2.31. The molecule has 1 aromatic carbocycles. The van der Waals surface area contributed by atoms with Crippen LogP contribution in [0.2, 0.25) is 0 Å². The monoisotopic (exact) mass is 409 g/mol. The van der Waals surface area contributed by atoms with E-state index in [9.17, 15) is 14.4 Å². The second-order valence-corrected chi connectivity index (χ2v) is 8.66. The van der Waals surface area contributed by atoms with Crippen LogP contribution in [0.3, 0.4) is 0 Å². The van der Waals surface area contributed by atoms with Gasteiger partial charge in [-0.3, -0.25) is 19.4 Å². The van der Waals surface area contributed by atoms with Crippen LogP contribution < -0.4 is 21.1 Å². The zero-order valence-corrected chi connectivity index (χ0v) is 17.5. The van der Waals surface area contributed by atoms with Crippen molar-refractivity contribution in [3.05, 3.63) is 45.7 Å². The molecule has 0 spiro atoms. The van der Waals surface area contributed by atoms with Crippen LogP contribution in [0.5, 0.6) is 0 Å². The van der Waals surface area contributed by atoms with Gasteiger partial charge in [0.15, 0.2) is 0 Å². The summed E-state index contributed by atoms with van der Waals surface area (Å²) in [5, 5.41) is 5.49. The first kappa shape index (κ1) is 20.1. The number of nitrogens with zero attached hydrogens (tertiary/aromatic N) is 2. The number of nitrogens with one attached hydrogen (secondary N) is 3. The molecule has 1 fully saturated rings. The molecule has 3 heterocycles. The molecule has 30 heavy (non-hydrogen) atoms. The predicted molar refractivity (Wildman–Crippen MR) is 116 cm³/mol. The van der Waals surface area contributed by atoms with E-state index in [1.54, 1.807) is 12.1 Å². The summed E-state index contributed by atoms with van der Waals surface area (Å²) in [6.45, 7) is 7.88. The number of piperidine rings is 1. The van der Waals surface area contributed by atoms with Gasteiger partial charge < -0.3 is 15.5 Å². The normalized spacial score (nSPS) is 23.5. The van der Waals surface area contributed by atoms with Crippen molar-refractivity contribution in [3.8, 4) is 0 Å². The van der Waals surface area contributed by atoms with Crippen molar-refractivity contribution in [2.24, 2.45) is 11.8 Å². The molecule has 8 nitrogen and oxygen atoms in total. The predicted octanol–water partition coefficient (Wildman–Crippen LogP) is 2.63. The number of aromatic nitrogens is 2. The molecular formula is C22H27N5O3. The van der Waals surface area contributed by atoms with E-state index in [0.717, 1.165) is 25.1 Å². The molecule has 0 radical (unpaired) electrons. The Morgan fingerprint density at radius 2 is 1.80 bits per heavy atom. The summed E-state index contributed by atoms with van der Waals surface area (Å²) in [4.78, 5) is 47.6. The van der Waals surface area contributed by atoms with Crippen molar-refractivity contribution in [3.63, 3.8) is 0 Å². The molecule has 0 saturated carbocycles. The molecular weight excluding hydrogens is 382 g/mol. The highest BCUT2D eigenvalue weighted by molar-refractivity contribution is 6.04. The Labute approximate surface area is 175 Å². The molecule has 2 amide bonds. The van der Waals surface area contributed by atoms with Gasteiger partial charge in [-0.05, 0) is 37.3 Å². The zero-order valence-electron chi connectivity index (χ0n) is 17.5. The Morgan fingerprint density at radius 3 is 2.47 bits per heavy atom. The SMILES string of the molecule is Cc1ccc(NC(=O)C2CC(=O)Nc3nc(N4CC(C)CC(C)C4)[nH]c(=O)c32)cc1. The average Bonchev–Trinajstić information content (AvgIpc) is 2.68. The Hall–Kier alpha value is -3.16. The molecule has 8 heteroatoms. The number of amides is 2. The highest BCUT2D eigenvalue weighted by Gasteiger charge is 2.35. The summed E-state index contributed by atoms with van der Waals surface area (Å²) < 4.78 is 0. The summed E-state index contributed by atoms with van der Waals surface area (Å²) in [6, 6.07) is 7.36. The molecule has 1 saturated heterocycles. The van der Waals surface area contributed by atoms with Crippen molar-refractivity contribution < 1.29 is 9.59 Å². The van der Waals surface area contributed by atoms with Gasteiger partial charge >= 0.3 is 0 Å². The quantitative estimate of drug-likeness (QED) is 0.722. The third-order valence-corrected chi connectivity index (χ3v) is 5.74. The Kier molecular flexibility index (Phi) is 5.32. The maximum atomic E-state index is 13.0. The topological polar surface area (TPSA) is 107 Å². The first-order chi connectivity index (χ1) is 14.3. The van der Waals surface area contributed by atoms with Crippen molar-refractivity contribution >= 4 is 29.3 Å². The lowest BCUT2D eigenvalue weighted by Gasteiger charge is -2.35.